The number of hydrogen-bond acceptors (Lipinski definition) is 1. The molecule has 0 radical (unpaired) electrons. The molecular weight excluding hydrogens is 264 g/mol. The second-order valence-corrected chi connectivity index (χ2v) is 7.94. The summed E-state index contributed by atoms with van der Waals surface area (Å²) in [6, 6.07) is 6.20. The van der Waals surface area contributed by atoms with E-state index in [1.54, 1.807) is 0 Å². The zero-order valence-corrected chi connectivity index (χ0v) is 13.0. The molecular formula is C18H22OS. The van der Waals surface area contributed by atoms with Crippen molar-refractivity contribution in [3.05, 3.63) is 34.9 Å². The van der Waals surface area contributed by atoms with Gasteiger partial charge in [-0.1, -0.05) is 12.1 Å². The normalized spacial score (nSPS) is 38.2. The van der Waals surface area contributed by atoms with Gasteiger partial charge in [0.15, 0.2) is 0 Å². The highest BCUT2D eigenvalue weighted by molar-refractivity contribution is 7.97. The maximum Gasteiger partial charge on any atom is 0.216 e. The molecule has 1 aromatic carbocycles. The summed E-state index contributed by atoms with van der Waals surface area (Å²) in [4.78, 5) is 11.6. The van der Waals surface area contributed by atoms with Gasteiger partial charge in [0.25, 0.3) is 0 Å². The molecule has 1 nitrogen and oxygen atoms in total. The molecule has 5 rings (SSSR count). The van der Waals surface area contributed by atoms with Gasteiger partial charge in [-0.2, -0.15) is 0 Å². The topological polar surface area (TPSA) is 17.1 Å². The Bertz CT molecular complexity index is 539. The minimum atomic E-state index is -0.101. The first-order chi connectivity index (χ1) is 9.56. The van der Waals surface area contributed by atoms with Gasteiger partial charge >= 0.3 is 0 Å². The van der Waals surface area contributed by atoms with E-state index in [0.717, 1.165) is 23.3 Å². The van der Waals surface area contributed by atoms with Gasteiger partial charge < -0.3 is 0 Å². The summed E-state index contributed by atoms with van der Waals surface area (Å²) in [5, 5.41) is -0.101. The summed E-state index contributed by atoms with van der Waals surface area (Å²) < 4.78 is 0. The fourth-order valence-electron chi connectivity index (χ4n) is 5.77. The van der Waals surface area contributed by atoms with Gasteiger partial charge in [0.05, 0.1) is 0 Å². The average Bonchev–Trinajstić information content (AvgIpc) is 2.37. The Labute approximate surface area is 126 Å². The highest BCUT2D eigenvalue weighted by atomic mass is 32.1. The van der Waals surface area contributed by atoms with E-state index in [1.165, 1.54) is 49.7 Å². The van der Waals surface area contributed by atoms with Crippen molar-refractivity contribution in [1.29, 1.82) is 0 Å². The summed E-state index contributed by atoms with van der Waals surface area (Å²) in [7, 11) is 0. The Kier molecular flexibility index (Phi) is 2.82. The Morgan fingerprint density at radius 3 is 2.15 bits per heavy atom. The zero-order chi connectivity index (χ0) is 13.9. The predicted molar refractivity (Wildman–Crippen MR) is 84.3 cm³/mol. The number of thiol groups is 1. The van der Waals surface area contributed by atoms with Gasteiger partial charge in [0, 0.05) is 5.56 Å². The molecule has 4 aliphatic rings. The second kappa shape index (κ2) is 4.37. The molecule has 0 unspecified atom stereocenters. The fourth-order valence-corrected chi connectivity index (χ4v) is 5.91. The standard InChI is InChI=1S/C18H22OS/c1-11-2-3-15(17(19)20)7-16(11)18-8-12-4-13(9-18)6-14(5-12)10-18/h2-3,7,12-14H,4-6,8-10H2,1H3,(H,19,20). The number of rotatable bonds is 2. The quantitative estimate of drug-likeness (QED) is 0.790. The van der Waals surface area contributed by atoms with Crippen LogP contribution in [0.5, 0.6) is 0 Å². The van der Waals surface area contributed by atoms with Crippen LogP contribution in [-0.2, 0) is 5.41 Å². The van der Waals surface area contributed by atoms with E-state index in [4.69, 9.17) is 0 Å². The van der Waals surface area contributed by atoms with E-state index < -0.39 is 0 Å². The monoisotopic (exact) mass is 286 g/mol. The lowest BCUT2D eigenvalue weighted by molar-refractivity contribution is -0.00547. The molecule has 106 valence electrons. The summed E-state index contributed by atoms with van der Waals surface area (Å²) in [5.74, 6) is 2.82. The van der Waals surface area contributed by atoms with Crippen LogP contribution in [0.1, 0.15) is 60.0 Å². The molecule has 0 heterocycles. The molecule has 0 aliphatic heterocycles. The smallest absolute Gasteiger partial charge is 0.216 e. The third kappa shape index (κ3) is 1.88. The minimum absolute atomic E-state index is 0.101. The molecule has 0 aromatic heterocycles. The molecule has 0 atom stereocenters. The SMILES string of the molecule is Cc1ccc(C(=O)S)cc1C12CC3CC(CC(C3)C1)C2. The Morgan fingerprint density at radius 1 is 1.10 bits per heavy atom. The van der Waals surface area contributed by atoms with Gasteiger partial charge in [-0.15, -0.1) is 12.6 Å². The molecule has 2 heteroatoms. The van der Waals surface area contributed by atoms with Crippen LogP contribution in [-0.4, -0.2) is 5.12 Å². The van der Waals surface area contributed by atoms with Gasteiger partial charge in [-0.25, -0.2) is 0 Å². The lowest BCUT2D eigenvalue weighted by Crippen LogP contribution is -2.48. The van der Waals surface area contributed by atoms with Crippen LogP contribution >= 0.6 is 12.6 Å². The van der Waals surface area contributed by atoms with Crippen molar-refractivity contribution in [3.63, 3.8) is 0 Å². The van der Waals surface area contributed by atoms with E-state index in [-0.39, 0.29) is 5.12 Å². The van der Waals surface area contributed by atoms with Crippen LogP contribution in [0.3, 0.4) is 0 Å². The molecule has 4 bridgehead atoms. The van der Waals surface area contributed by atoms with Gasteiger partial charge in [-0.05, 0) is 85.8 Å². The molecule has 1 aromatic rings. The Hall–Kier alpha value is -0.760. The van der Waals surface area contributed by atoms with Gasteiger partial charge in [-0.3, -0.25) is 4.79 Å². The van der Waals surface area contributed by atoms with E-state index in [0.29, 0.717) is 5.41 Å². The van der Waals surface area contributed by atoms with Crippen molar-refractivity contribution in [3.8, 4) is 0 Å². The Morgan fingerprint density at radius 2 is 1.65 bits per heavy atom. The lowest BCUT2D eigenvalue weighted by Gasteiger charge is -2.57. The summed E-state index contributed by atoms with van der Waals surface area (Å²) in [5.41, 5.74) is 3.96. The number of hydrogen-bond donors (Lipinski definition) is 1. The first-order valence-electron chi connectivity index (χ1n) is 7.90. The van der Waals surface area contributed by atoms with Crippen LogP contribution in [0, 0.1) is 24.7 Å². The molecule has 4 saturated carbocycles. The van der Waals surface area contributed by atoms with E-state index >= 15 is 0 Å². The number of benzene rings is 1. The number of aryl methyl sites for hydroxylation is 1. The van der Waals surface area contributed by atoms with Crippen LogP contribution in [0.4, 0.5) is 0 Å². The zero-order valence-electron chi connectivity index (χ0n) is 12.1. The summed E-state index contributed by atoms with van der Waals surface area (Å²) in [6.45, 7) is 2.21. The predicted octanol–water partition coefficient (Wildman–Crippen LogP) is 4.53. The molecule has 4 aliphatic carbocycles. The number of carbonyl (C=O) groups excluding carboxylic acids is 1. The summed E-state index contributed by atoms with van der Waals surface area (Å²) in [6.07, 6.45) is 8.44. The van der Waals surface area contributed by atoms with Crippen molar-refractivity contribution >= 4 is 17.7 Å². The van der Waals surface area contributed by atoms with Crippen LogP contribution in [0.15, 0.2) is 18.2 Å². The average molecular weight is 286 g/mol. The number of carbonyl (C=O) groups is 1. The Balaban J connectivity index is 1.80. The first kappa shape index (κ1) is 12.9. The van der Waals surface area contributed by atoms with Gasteiger partial charge in [0.2, 0.25) is 5.12 Å². The molecule has 0 saturated heterocycles. The lowest BCUT2D eigenvalue weighted by atomic mass is 9.47. The van der Waals surface area contributed by atoms with Crippen LogP contribution < -0.4 is 0 Å². The highest BCUT2D eigenvalue weighted by Crippen LogP contribution is 2.61. The van der Waals surface area contributed by atoms with E-state index in [9.17, 15) is 4.79 Å². The maximum absolute atomic E-state index is 11.6. The molecule has 0 amide bonds. The van der Waals surface area contributed by atoms with E-state index in [1.807, 2.05) is 6.07 Å². The molecule has 20 heavy (non-hydrogen) atoms. The van der Waals surface area contributed by atoms with Crippen molar-refractivity contribution in [2.45, 2.75) is 50.9 Å². The molecule has 0 N–H and O–H groups in total. The first-order valence-corrected chi connectivity index (χ1v) is 8.35. The van der Waals surface area contributed by atoms with Gasteiger partial charge in [0.1, 0.15) is 0 Å². The fraction of sp³-hybridized carbons (Fsp3) is 0.611. The highest BCUT2D eigenvalue weighted by Gasteiger charge is 2.51. The largest absolute Gasteiger partial charge is 0.282 e. The minimum Gasteiger partial charge on any atom is -0.282 e. The van der Waals surface area contributed by atoms with Crippen molar-refractivity contribution in [2.75, 3.05) is 0 Å². The van der Waals surface area contributed by atoms with Crippen LogP contribution in [0.25, 0.3) is 0 Å². The molecule has 4 fully saturated rings. The maximum atomic E-state index is 11.6. The van der Waals surface area contributed by atoms with Crippen molar-refractivity contribution in [1.82, 2.24) is 0 Å². The van der Waals surface area contributed by atoms with E-state index in [2.05, 4.69) is 31.7 Å². The summed E-state index contributed by atoms with van der Waals surface area (Å²) >= 11 is 4.01. The van der Waals surface area contributed by atoms with Crippen LogP contribution in [0.2, 0.25) is 0 Å². The molecule has 0 spiro atoms. The third-order valence-electron chi connectivity index (χ3n) is 6.09. The van der Waals surface area contributed by atoms with Crippen molar-refractivity contribution in [2.24, 2.45) is 17.8 Å². The van der Waals surface area contributed by atoms with Crippen molar-refractivity contribution < 1.29 is 4.79 Å². The second-order valence-electron chi connectivity index (χ2n) is 7.53. The third-order valence-corrected chi connectivity index (χ3v) is 6.35.